The van der Waals surface area contributed by atoms with Crippen molar-refractivity contribution < 1.29 is 27.5 Å². The van der Waals surface area contributed by atoms with Crippen LogP contribution in [0, 0.1) is 0 Å². The number of anilines is 2. The van der Waals surface area contributed by atoms with Gasteiger partial charge in [0, 0.05) is 21.4 Å². The van der Waals surface area contributed by atoms with E-state index >= 15 is 0 Å². The molecule has 0 aliphatic rings. The summed E-state index contributed by atoms with van der Waals surface area (Å²) in [6, 6.07) is 15.5. The zero-order valence-corrected chi connectivity index (χ0v) is 21.5. The quantitative estimate of drug-likeness (QED) is 0.285. The van der Waals surface area contributed by atoms with Gasteiger partial charge in [0.25, 0.3) is 11.8 Å². The number of thiocarbonyl (C=S) groups is 1. The van der Waals surface area contributed by atoms with Crippen molar-refractivity contribution in [2.45, 2.75) is 26.1 Å². The average molecular weight is 580 g/mol. The third kappa shape index (κ3) is 7.53. The van der Waals surface area contributed by atoms with Crippen molar-refractivity contribution >= 4 is 56.4 Å². The number of rotatable bonds is 6. The lowest BCUT2D eigenvalue weighted by atomic mass is 10.1. The normalized spacial score (nSPS) is 11.1. The number of hydrogen-bond acceptors (Lipinski definition) is 4. The highest BCUT2D eigenvalue weighted by Crippen LogP contribution is 2.31. The first-order valence-electron chi connectivity index (χ1n) is 10.6. The maximum absolute atomic E-state index is 12.9. The van der Waals surface area contributed by atoms with Crippen molar-refractivity contribution in [3.8, 4) is 5.75 Å². The first kappa shape index (κ1) is 27.2. The number of alkyl halides is 3. The van der Waals surface area contributed by atoms with Gasteiger partial charge in [-0.25, -0.2) is 0 Å². The molecule has 0 aromatic heterocycles. The van der Waals surface area contributed by atoms with Crippen LogP contribution in [0.4, 0.5) is 24.5 Å². The molecule has 0 aliphatic carbocycles. The summed E-state index contributed by atoms with van der Waals surface area (Å²) in [5.74, 6) is -0.643. The van der Waals surface area contributed by atoms with Gasteiger partial charge in [0.05, 0.1) is 17.2 Å². The molecule has 0 radical (unpaired) electrons. The van der Waals surface area contributed by atoms with Gasteiger partial charge in [0.2, 0.25) is 0 Å². The Balaban J connectivity index is 1.62. The highest BCUT2D eigenvalue weighted by Gasteiger charge is 2.30. The van der Waals surface area contributed by atoms with Gasteiger partial charge < -0.3 is 15.4 Å². The van der Waals surface area contributed by atoms with Crippen LogP contribution >= 0.6 is 28.1 Å². The Morgan fingerprint density at radius 3 is 2.25 bits per heavy atom. The number of carbonyl (C=O) groups is 2. The van der Waals surface area contributed by atoms with E-state index in [1.807, 2.05) is 13.8 Å². The molecule has 36 heavy (non-hydrogen) atoms. The van der Waals surface area contributed by atoms with E-state index in [9.17, 15) is 22.8 Å². The minimum absolute atomic E-state index is 0.0225. The van der Waals surface area contributed by atoms with Crippen LogP contribution in [0.1, 0.15) is 40.1 Å². The average Bonchev–Trinajstić information content (AvgIpc) is 2.80. The molecule has 188 valence electrons. The van der Waals surface area contributed by atoms with Crippen LogP contribution in [0.15, 0.2) is 71.2 Å². The second-order valence-electron chi connectivity index (χ2n) is 7.83. The fraction of sp³-hybridized carbons (Fsp3) is 0.160. The predicted molar refractivity (Wildman–Crippen MR) is 139 cm³/mol. The molecule has 0 saturated carbocycles. The van der Waals surface area contributed by atoms with Crippen LogP contribution in [0.2, 0.25) is 0 Å². The molecule has 0 unspecified atom stereocenters. The molecule has 0 fully saturated rings. The fourth-order valence-corrected chi connectivity index (χ4v) is 3.62. The van der Waals surface area contributed by atoms with Gasteiger partial charge in [0.15, 0.2) is 5.11 Å². The molecule has 0 saturated heterocycles. The van der Waals surface area contributed by atoms with Gasteiger partial charge in [0.1, 0.15) is 5.75 Å². The molecule has 0 atom stereocenters. The number of carbonyl (C=O) groups excluding carboxylic acids is 2. The Bertz CT molecular complexity index is 1280. The molecular formula is C25H21BrF3N3O3S. The van der Waals surface area contributed by atoms with Crippen molar-refractivity contribution in [2.24, 2.45) is 0 Å². The second kappa shape index (κ2) is 11.5. The van der Waals surface area contributed by atoms with Crippen LogP contribution in [-0.4, -0.2) is 23.0 Å². The zero-order chi connectivity index (χ0) is 26.5. The summed E-state index contributed by atoms with van der Waals surface area (Å²) in [5.41, 5.74) is 0.167. The second-order valence-corrected chi connectivity index (χ2v) is 9.15. The van der Waals surface area contributed by atoms with Gasteiger partial charge in [-0.2, -0.15) is 13.2 Å². The van der Waals surface area contributed by atoms with Crippen LogP contribution < -0.4 is 20.7 Å². The summed E-state index contributed by atoms with van der Waals surface area (Å²) in [6.45, 7) is 3.69. The van der Waals surface area contributed by atoms with Gasteiger partial charge in [-0.3, -0.25) is 14.9 Å². The molecular weight excluding hydrogens is 559 g/mol. The Morgan fingerprint density at radius 1 is 0.917 bits per heavy atom. The van der Waals surface area contributed by atoms with Gasteiger partial charge in [-0.05, 0) is 86.7 Å². The lowest BCUT2D eigenvalue weighted by Crippen LogP contribution is -2.34. The van der Waals surface area contributed by atoms with Crippen molar-refractivity contribution in [1.29, 1.82) is 0 Å². The molecule has 3 N–H and O–H groups in total. The number of hydrogen-bond donors (Lipinski definition) is 3. The number of halogens is 4. The first-order valence-corrected chi connectivity index (χ1v) is 11.8. The Hall–Kier alpha value is -3.44. The number of ether oxygens (including phenoxy) is 1. The lowest BCUT2D eigenvalue weighted by molar-refractivity contribution is -0.137. The van der Waals surface area contributed by atoms with E-state index < -0.39 is 23.6 Å². The molecule has 0 aliphatic heterocycles. The van der Waals surface area contributed by atoms with Gasteiger partial charge in [-0.1, -0.05) is 22.0 Å². The Labute approximate surface area is 219 Å². The van der Waals surface area contributed by atoms with E-state index in [-0.39, 0.29) is 22.5 Å². The van der Waals surface area contributed by atoms with E-state index in [1.54, 1.807) is 30.3 Å². The minimum atomic E-state index is -4.51. The zero-order valence-electron chi connectivity index (χ0n) is 19.1. The Kier molecular flexibility index (Phi) is 8.70. The molecule has 0 spiro atoms. The van der Waals surface area contributed by atoms with Crippen LogP contribution in [0.3, 0.4) is 0 Å². The van der Waals surface area contributed by atoms with Crippen molar-refractivity contribution in [3.05, 3.63) is 87.9 Å². The van der Waals surface area contributed by atoms with Crippen molar-refractivity contribution in [3.63, 3.8) is 0 Å². The molecule has 11 heteroatoms. The van der Waals surface area contributed by atoms with E-state index in [1.165, 1.54) is 24.3 Å². The van der Waals surface area contributed by atoms with E-state index in [0.29, 0.717) is 21.5 Å². The standard InChI is InChI=1S/C25H21BrF3N3O3S/c1-14(2)35-21-11-8-17(26)13-20(21)23(34)32-24(36)31-18-9-6-15(7-10-18)22(33)30-19-5-3-4-16(12-19)25(27,28)29/h3-14H,1-2H3,(H,30,33)(H2,31,32,34,36). The number of benzene rings is 3. The molecule has 0 bridgehead atoms. The highest BCUT2D eigenvalue weighted by molar-refractivity contribution is 9.10. The lowest BCUT2D eigenvalue weighted by Gasteiger charge is -2.15. The molecule has 3 aromatic carbocycles. The van der Waals surface area contributed by atoms with Crippen molar-refractivity contribution in [2.75, 3.05) is 10.6 Å². The maximum Gasteiger partial charge on any atom is 0.416 e. The Morgan fingerprint density at radius 2 is 1.61 bits per heavy atom. The largest absolute Gasteiger partial charge is 0.490 e. The predicted octanol–water partition coefficient (Wildman–Crippen LogP) is 6.63. The topological polar surface area (TPSA) is 79.5 Å². The van der Waals surface area contributed by atoms with Crippen molar-refractivity contribution in [1.82, 2.24) is 5.32 Å². The van der Waals surface area contributed by atoms with E-state index in [4.69, 9.17) is 17.0 Å². The SMILES string of the molecule is CC(C)Oc1ccc(Br)cc1C(=O)NC(=S)Nc1ccc(C(=O)Nc2cccc(C(F)(F)F)c2)cc1. The molecule has 0 heterocycles. The summed E-state index contributed by atoms with van der Waals surface area (Å²) in [6.07, 6.45) is -4.64. The summed E-state index contributed by atoms with van der Waals surface area (Å²) in [4.78, 5) is 25.2. The van der Waals surface area contributed by atoms with E-state index in [0.717, 1.165) is 12.1 Å². The molecule has 3 aromatic rings. The summed E-state index contributed by atoms with van der Waals surface area (Å²) >= 11 is 8.56. The molecule has 2 amide bonds. The monoisotopic (exact) mass is 579 g/mol. The molecule has 3 rings (SSSR count). The fourth-order valence-electron chi connectivity index (χ4n) is 3.05. The van der Waals surface area contributed by atoms with Gasteiger partial charge in [-0.15, -0.1) is 0 Å². The third-order valence-electron chi connectivity index (χ3n) is 4.63. The molecule has 6 nitrogen and oxygen atoms in total. The van der Waals surface area contributed by atoms with Gasteiger partial charge >= 0.3 is 6.18 Å². The van der Waals surface area contributed by atoms with Crippen LogP contribution in [-0.2, 0) is 6.18 Å². The van der Waals surface area contributed by atoms with E-state index in [2.05, 4.69) is 31.9 Å². The minimum Gasteiger partial charge on any atom is -0.490 e. The summed E-state index contributed by atoms with van der Waals surface area (Å²) in [5, 5.41) is 7.90. The van der Waals surface area contributed by atoms with Crippen LogP contribution in [0.25, 0.3) is 0 Å². The summed E-state index contributed by atoms with van der Waals surface area (Å²) < 4.78 is 45.0. The first-order chi connectivity index (χ1) is 16.9. The number of amides is 2. The highest BCUT2D eigenvalue weighted by atomic mass is 79.9. The number of nitrogens with one attached hydrogen (secondary N) is 3. The van der Waals surface area contributed by atoms with Crippen LogP contribution in [0.5, 0.6) is 5.75 Å². The summed E-state index contributed by atoms with van der Waals surface area (Å²) in [7, 11) is 0. The smallest absolute Gasteiger partial charge is 0.416 e. The maximum atomic E-state index is 12.9. The third-order valence-corrected chi connectivity index (χ3v) is 5.33.